The van der Waals surface area contributed by atoms with Crippen LogP contribution < -0.4 is 15.4 Å². The molecule has 2 amide bonds. The number of carboxylic acid groups (broad SMARTS) is 1. The molecule has 2 rings (SSSR count). The van der Waals surface area contributed by atoms with Gasteiger partial charge in [0.2, 0.25) is 0 Å². The normalized spacial score (nSPS) is 15.7. The van der Waals surface area contributed by atoms with Crippen molar-refractivity contribution < 1.29 is 19.4 Å². The Bertz CT molecular complexity index is 526. The van der Waals surface area contributed by atoms with E-state index in [1.54, 1.807) is 18.2 Å². The monoisotopic (exact) mass is 292 g/mol. The molecule has 0 bridgehead atoms. The molecular weight excluding hydrogens is 272 g/mol. The van der Waals surface area contributed by atoms with Crippen LogP contribution in [-0.4, -0.2) is 30.3 Å². The zero-order valence-electron chi connectivity index (χ0n) is 12.0. The first kappa shape index (κ1) is 15.2. The fraction of sp³-hybridized carbons (Fsp3) is 0.467. The van der Waals surface area contributed by atoms with Gasteiger partial charge in [-0.15, -0.1) is 0 Å². The van der Waals surface area contributed by atoms with E-state index in [0.29, 0.717) is 30.9 Å². The second kappa shape index (κ2) is 6.47. The second-order valence-corrected chi connectivity index (χ2v) is 5.18. The molecule has 1 aliphatic carbocycles. The molecule has 0 heterocycles. The van der Waals surface area contributed by atoms with E-state index in [-0.39, 0.29) is 6.54 Å². The van der Waals surface area contributed by atoms with Crippen molar-refractivity contribution in [1.29, 1.82) is 0 Å². The SMILES string of the molecule is CCOc1ccccc1NC(=O)NCC1(C(=O)O)CCC1. The third kappa shape index (κ3) is 3.45. The van der Waals surface area contributed by atoms with Crippen molar-refractivity contribution in [1.82, 2.24) is 5.32 Å². The molecule has 6 heteroatoms. The van der Waals surface area contributed by atoms with Crippen LogP contribution in [0.25, 0.3) is 0 Å². The van der Waals surface area contributed by atoms with Gasteiger partial charge in [-0.05, 0) is 31.9 Å². The van der Waals surface area contributed by atoms with E-state index in [1.165, 1.54) is 0 Å². The maximum absolute atomic E-state index is 11.9. The molecule has 21 heavy (non-hydrogen) atoms. The highest BCUT2D eigenvalue weighted by Gasteiger charge is 2.44. The number of anilines is 1. The van der Waals surface area contributed by atoms with Crippen molar-refractivity contribution in [2.75, 3.05) is 18.5 Å². The van der Waals surface area contributed by atoms with Crippen LogP contribution in [0.2, 0.25) is 0 Å². The number of amides is 2. The average molecular weight is 292 g/mol. The highest BCUT2D eigenvalue weighted by atomic mass is 16.5. The number of carbonyl (C=O) groups is 2. The molecule has 1 aromatic carbocycles. The molecule has 0 radical (unpaired) electrons. The average Bonchev–Trinajstić information content (AvgIpc) is 2.39. The first-order valence-electron chi connectivity index (χ1n) is 7.07. The van der Waals surface area contributed by atoms with E-state index in [4.69, 9.17) is 4.74 Å². The Morgan fingerprint density at radius 2 is 2.05 bits per heavy atom. The van der Waals surface area contributed by atoms with Gasteiger partial charge in [0.25, 0.3) is 0 Å². The molecule has 114 valence electrons. The smallest absolute Gasteiger partial charge is 0.319 e. The molecule has 0 aromatic heterocycles. The topological polar surface area (TPSA) is 87.7 Å². The third-order valence-electron chi connectivity index (χ3n) is 3.79. The van der Waals surface area contributed by atoms with E-state index >= 15 is 0 Å². The summed E-state index contributed by atoms with van der Waals surface area (Å²) in [6.45, 7) is 2.51. The standard InChI is InChI=1S/C15H20N2O4/c1-2-21-12-7-4-3-6-11(12)17-14(20)16-10-15(13(18)19)8-5-9-15/h3-4,6-7H,2,5,8-10H2,1H3,(H,18,19)(H2,16,17,20). The van der Waals surface area contributed by atoms with E-state index in [2.05, 4.69) is 10.6 Å². The molecule has 3 N–H and O–H groups in total. The summed E-state index contributed by atoms with van der Waals surface area (Å²) in [6, 6.07) is 6.70. The Morgan fingerprint density at radius 1 is 1.33 bits per heavy atom. The fourth-order valence-corrected chi connectivity index (χ4v) is 2.34. The van der Waals surface area contributed by atoms with Crippen LogP contribution in [0, 0.1) is 5.41 Å². The van der Waals surface area contributed by atoms with E-state index < -0.39 is 17.4 Å². The molecule has 1 saturated carbocycles. The summed E-state index contributed by atoms with van der Waals surface area (Å²) in [7, 11) is 0. The number of urea groups is 1. The number of para-hydroxylation sites is 2. The van der Waals surface area contributed by atoms with Crippen molar-refractivity contribution in [3.05, 3.63) is 24.3 Å². The van der Waals surface area contributed by atoms with Gasteiger partial charge >= 0.3 is 12.0 Å². The minimum Gasteiger partial charge on any atom is -0.492 e. The number of hydrogen-bond acceptors (Lipinski definition) is 3. The minimum atomic E-state index is -0.844. The first-order chi connectivity index (χ1) is 10.1. The molecule has 0 unspecified atom stereocenters. The number of carboxylic acids is 1. The summed E-state index contributed by atoms with van der Waals surface area (Å²) < 4.78 is 5.42. The third-order valence-corrected chi connectivity index (χ3v) is 3.79. The lowest BCUT2D eigenvalue weighted by molar-refractivity contribution is -0.153. The summed E-state index contributed by atoms with van der Waals surface area (Å²) in [5, 5.41) is 14.5. The molecule has 0 spiro atoms. The van der Waals surface area contributed by atoms with Crippen LogP contribution in [0.5, 0.6) is 5.75 Å². The Hall–Kier alpha value is -2.24. The van der Waals surface area contributed by atoms with Gasteiger partial charge in [0.1, 0.15) is 5.75 Å². The molecule has 6 nitrogen and oxygen atoms in total. The summed E-state index contributed by atoms with van der Waals surface area (Å²) in [6.07, 6.45) is 2.11. The molecule has 0 saturated heterocycles. The number of carbonyl (C=O) groups excluding carboxylic acids is 1. The highest BCUT2D eigenvalue weighted by molar-refractivity contribution is 5.91. The van der Waals surface area contributed by atoms with Gasteiger partial charge in [0.15, 0.2) is 0 Å². The Kier molecular flexibility index (Phi) is 4.67. The quantitative estimate of drug-likeness (QED) is 0.751. The van der Waals surface area contributed by atoms with Gasteiger partial charge in [-0.3, -0.25) is 4.79 Å². The van der Waals surface area contributed by atoms with Gasteiger partial charge < -0.3 is 20.5 Å². The van der Waals surface area contributed by atoms with E-state index in [9.17, 15) is 14.7 Å². The van der Waals surface area contributed by atoms with Crippen LogP contribution in [-0.2, 0) is 4.79 Å². The molecule has 1 aliphatic rings. The van der Waals surface area contributed by atoms with Crippen molar-refractivity contribution in [3.63, 3.8) is 0 Å². The summed E-state index contributed by atoms with van der Waals surface area (Å²) in [4.78, 5) is 23.1. The number of hydrogen-bond donors (Lipinski definition) is 3. The summed E-state index contributed by atoms with van der Waals surface area (Å²) >= 11 is 0. The number of ether oxygens (including phenoxy) is 1. The number of aliphatic carboxylic acids is 1. The van der Waals surface area contributed by atoms with Crippen LogP contribution in [0.4, 0.5) is 10.5 Å². The van der Waals surface area contributed by atoms with Gasteiger partial charge in [0.05, 0.1) is 17.7 Å². The van der Waals surface area contributed by atoms with Crippen molar-refractivity contribution in [2.45, 2.75) is 26.2 Å². The Morgan fingerprint density at radius 3 is 2.62 bits per heavy atom. The maximum Gasteiger partial charge on any atom is 0.319 e. The van der Waals surface area contributed by atoms with Crippen LogP contribution in [0.1, 0.15) is 26.2 Å². The Labute approximate surface area is 123 Å². The van der Waals surface area contributed by atoms with Crippen molar-refractivity contribution in [3.8, 4) is 5.75 Å². The van der Waals surface area contributed by atoms with Gasteiger partial charge in [-0.25, -0.2) is 4.79 Å². The summed E-state index contributed by atoms with van der Waals surface area (Å²) in [5.74, 6) is -0.254. The largest absolute Gasteiger partial charge is 0.492 e. The van der Waals surface area contributed by atoms with Gasteiger partial charge in [0, 0.05) is 6.54 Å². The molecule has 1 fully saturated rings. The molecule has 1 aromatic rings. The highest BCUT2D eigenvalue weighted by Crippen LogP contribution is 2.40. The fourth-order valence-electron chi connectivity index (χ4n) is 2.34. The zero-order valence-corrected chi connectivity index (χ0v) is 12.0. The Balaban J connectivity index is 1.92. The predicted octanol–water partition coefficient (Wildman–Crippen LogP) is 2.46. The molecule has 0 aliphatic heterocycles. The lowest BCUT2D eigenvalue weighted by atomic mass is 9.69. The number of benzene rings is 1. The lowest BCUT2D eigenvalue weighted by Crippen LogP contribution is -2.48. The second-order valence-electron chi connectivity index (χ2n) is 5.18. The van der Waals surface area contributed by atoms with Crippen molar-refractivity contribution >= 4 is 17.7 Å². The van der Waals surface area contributed by atoms with Crippen LogP contribution in [0.15, 0.2) is 24.3 Å². The van der Waals surface area contributed by atoms with Crippen LogP contribution in [0.3, 0.4) is 0 Å². The zero-order chi connectivity index (χ0) is 15.3. The lowest BCUT2D eigenvalue weighted by Gasteiger charge is -2.37. The first-order valence-corrected chi connectivity index (χ1v) is 7.07. The number of rotatable bonds is 6. The van der Waals surface area contributed by atoms with E-state index in [1.807, 2.05) is 13.0 Å². The molecular formula is C15H20N2O4. The maximum atomic E-state index is 11.9. The molecule has 0 atom stereocenters. The van der Waals surface area contributed by atoms with Gasteiger partial charge in [-0.2, -0.15) is 0 Å². The summed E-state index contributed by atoms with van der Waals surface area (Å²) in [5.41, 5.74) is -0.230. The van der Waals surface area contributed by atoms with Crippen molar-refractivity contribution in [2.24, 2.45) is 5.41 Å². The predicted molar refractivity (Wildman–Crippen MR) is 78.6 cm³/mol. The van der Waals surface area contributed by atoms with Gasteiger partial charge in [-0.1, -0.05) is 18.6 Å². The minimum absolute atomic E-state index is 0.144. The van der Waals surface area contributed by atoms with E-state index in [0.717, 1.165) is 6.42 Å². The van der Waals surface area contributed by atoms with Crippen LogP contribution >= 0.6 is 0 Å². The number of nitrogens with one attached hydrogen (secondary N) is 2.